The highest BCUT2D eigenvalue weighted by atomic mass is 79.9. The summed E-state index contributed by atoms with van der Waals surface area (Å²) >= 11 is 15.7. The van der Waals surface area contributed by atoms with Gasteiger partial charge in [-0.1, -0.05) is 39.1 Å². The first kappa shape index (κ1) is 17.2. The van der Waals surface area contributed by atoms with Crippen molar-refractivity contribution in [3.05, 3.63) is 67.2 Å². The number of hydrogen-bond acceptors (Lipinski definition) is 5. The zero-order chi connectivity index (χ0) is 18.4. The van der Waals surface area contributed by atoms with E-state index in [0.29, 0.717) is 27.4 Å². The Labute approximate surface area is 165 Å². The second-order valence-electron chi connectivity index (χ2n) is 5.50. The minimum atomic E-state index is -0.509. The van der Waals surface area contributed by atoms with Crippen LogP contribution in [0.15, 0.2) is 50.2 Å². The lowest BCUT2D eigenvalue weighted by Crippen LogP contribution is -2.08. The fraction of sp³-hybridized carbons (Fsp3) is 0.0588. The Bertz CT molecular complexity index is 1220. The summed E-state index contributed by atoms with van der Waals surface area (Å²) in [6.07, 6.45) is 1.58. The third-order valence-electron chi connectivity index (χ3n) is 3.73. The first-order valence-electron chi connectivity index (χ1n) is 7.42. The van der Waals surface area contributed by atoms with Gasteiger partial charge in [0.1, 0.15) is 5.69 Å². The Balaban J connectivity index is 2.01. The molecule has 1 aromatic carbocycles. The van der Waals surface area contributed by atoms with E-state index in [1.165, 1.54) is 10.7 Å². The average molecular weight is 452 g/mol. The average Bonchev–Trinajstić information content (AvgIpc) is 2.97. The molecule has 9 heteroatoms. The minimum absolute atomic E-state index is 0.0778. The molecular formula is C17H9BrCl2N4O2. The van der Waals surface area contributed by atoms with Crippen LogP contribution < -0.4 is 5.63 Å². The Kier molecular flexibility index (Phi) is 4.30. The van der Waals surface area contributed by atoms with E-state index >= 15 is 0 Å². The summed E-state index contributed by atoms with van der Waals surface area (Å²) in [4.78, 5) is 21.2. The van der Waals surface area contributed by atoms with Crippen LogP contribution in [0.2, 0.25) is 10.2 Å². The molecule has 4 rings (SSSR count). The lowest BCUT2D eigenvalue weighted by atomic mass is 10.1. The molecule has 0 unspecified atom stereocenters. The Morgan fingerprint density at radius 3 is 2.81 bits per heavy atom. The van der Waals surface area contributed by atoms with Crippen molar-refractivity contribution in [3.63, 3.8) is 0 Å². The molecule has 0 atom stereocenters. The van der Waals surface area contributed by atoms with E-state index in [1.54, 1.807) is 24.4 Å². The lowest BCUT2D eigenvalue weighted by Gasteiger charge is -2.08. The van der Waals surface area contributed by atoms with Gasteiger partial charge in [0, 0.05) is 16.7 Å². The van der Waals surface area contributed by atoms with Gasteiger partial charge in [0.2, 0.25) is 5.89 Å². The van der Waals surface area contributed by atoms with Crippen molar-refractivity contribution >= 4 is 50.0 Å². The summed E-state index contributed by atoms with van der Waals surface area (Å²) in [5.41, 5.74) is 1.23. The van der Waals surface area contributed by atoms with Gasteiger partial charge in [0.15, 0.2) is 11.0 Å². The van der Waals surface area contributed by atoms with Crippen LogP contribution in [0.5, 0.6) is 0 Å². The molecule has 0 bridgehead atoms. The summed E-state index contributed by atoms with van der Waals surface area (Å²) < 4.78 is 7.60. The van der Waals surface area contributed by atoms with Crippen molar-refractivity contribution in [2.45, 2.75) is 6.92 Å². The summed E-state index contributed by atoms with van der Waals surface area (Å²) in [7, 11) is 0. The van der Waals surface area contributed by atoms with Crippen LogP contribution in [0.4, 0.5) is 0 Å². The number of hydrogen-bond donors (Lipinski definition) is 0. The molecule has 0 fully saturated rings. The van der Waals surface area contributed by atoms with Gasteiger partial charge in [-0.05, 0) is 36.8 Å². The number of rotatable bonds is 2. The molecule has 0 aliphatic rings. The maximum atomic E-state index is 12.5. The van der Waals surface area contributed by atoms with Crippen molar-refractivity contribution in [1.29, 1.82) is 0 Å². The Morgan fingerprint density at radius 2 is 2.04 bits per heavy atom. The zero-order valence-corrected chi connectivity index (χ0v) is 16.3. The number of fused-ring (bicyclic) bond motifs is 1. The molecule has 0 radical (unpaired) electrons. The maximum Gasteiger partial charge on any atom is 0.347 e. The fourth-order valence-corrected chi connectivity index (χ4v) is 3.57. The van der Waals surface area contributed by atoms with Crippen molar-refractivity contribution in [2.24, 2.45) is 0 Å². The van der Waals surface area contributed by atoms with Crippen LogP contribution in [0.1, 0.15) is 5.56 Å². The molecular weight excluding hydrogens is 443 g/mol. The van der Waals surface area contributed by atoms with Gasteiger partial charge in [0.25, 0.3) is 0 Å². The topological polar surface area (TPSA) is 73.8 Å². The van der Waals surface area contributed by atoms with Crippen LogP contribution >= 0.6 is 39.1 Å². The van der Waals surface area contributed by atoms with Gasteiger partial charge in [-0.2, -0.15) is 5.10 Å². The molecule has 4 aromatic rings. The molecule has 26 heavy (non-hydrogen) atoms. The Hall–Kier alpha value is -2.22. The summed E-state index contributed by atoms with van der Waals surface area (Å²) in [6.45, 7) is 1.86. The van der Waals surface area contributed by atoms with E-state index in [4.69, 9.17) is 27.6 Å². The standard InChI is InChI=1S/C17H9BrCl2N4O2/c1-8-5-9(18)6-10-14(8)22-16(26-17(10)25)12-7-13(20)23-24(12)15-11(19)3-2-4-21-15/h2-7H,1H3. The van der Waals surface area contributed by atoms with Crippen LogP contribution in [-0.2, 0) is 0 Å². The van der Waals surface area contributed by atoms with E-state index in [-0.39, 0.29) is 11.0 Å². The normalized spacial score (nSPS) is 11.2. The number of halogens is 3. The summed E-state index contributed by atoms with van der Waals surface area (Å²) in [5, 5.41) is 5.14. The molecule has 130 valence electrons. The zero-order valence-electron chi connectivity index (χ0n) is 13.2. The molecule has 0 N–H and O–H groups in total. The van der Waals surface area contributed by atoms with Crippen molar-refractivity contribution in [2.75, 3.05) is 0 Å². The third-order valence-corrected chi connectivity index (χ3v) is 4.66. The highest BCUT2D eigenvalue weighted by Crippen LogP contribution is 2.28. The number of aromatic nitrogens is 4. The molecule has 0 aliphatic heterocycles. The van der Waals surface area contributed by atoms with Gasteiger partial charge in [-0.3, -0.25) is 0 Å². The Morgan fingerprint density at radius 1 is 1.23 bits per heavy atom. The molecule has 0 spiro atoms. The molecule has 3 aromatic heterocycles. The molecule has 3 heterocycles. The predicted octanol–water partition coefficient (Wildman–Crippen LogP) is 4.81. The largest absolute Gasteiger partial charge is 0.401 e. The molecule has 0 saturated carbocycles. The highest BCUT2D eigenvalue weighted by molar-refractivity contribution is 9.10. The van der Waals surface area contributed by atoms with Gasteiger partial charge in [-0.15, -0.1) is 0 Å². The monoisotopic (exact) mass is 450 g/mol. The smallest absolute Gasteiger partial charge is 0.347 e. The summed E-state index contributed by atoms with van der Waals surface area (Å²) in [6, 6.07) is 8.46. The van der Waals surface area contributed by atoms with Crippen LogP contribution in [0.3, 0.4) is 0 Å². The van der Waals surface area contributed by atoms with Crippen LogP contribution in [0.25, 0.3) is 28.3 Å². The molecule has 0 amide bonds. The SMILES string of the molecule is Cc1cc(Br)cc2c(=O)oc(-c3cc(Cl)nn3-c3ncccc3Cl)nc12. The quantitative estimate of drug-likeness (QED) is 0.437. The second-order valence-corrected chi connectivity index (χ2v) is 7.21. The molecule has 6 nitrogen and oxygen atoms in total. The van der Waals surface area contributed by atoms with Crippen molar-refractivity contribution in [3.8, 4) is 17.4 Å². The van der Waals surface area contributed by atoms with Crippen molar-refractivity contribution in [1.82, 2.24) is 19.7 Å². The van der Waals surface area contributed by atoms with Gasteiger partial charge < -0.3 is 4.42 Å². The molecule has 0 aliphatic carbocycles. The van der Waals surface area contributed by atoms with E-state index in [2.05, 4.69) is 31.0 Å². The highest BCUT2D eigenvalue weighted by Gasteiger charge is 2.19. The van der Waals surface area contributed by atoms with Crippen LogP contribution in [0, 0.1) is 6.92 Å². The van der Waals surface area contributed by atoms with E-state index in [9.17, 15) is 4.79 Å². The van der Waals surface area contributed by atoms with E-state index in [0.717, 1.165) is 10.0 Å². The summed E-state index contributed by atoms with van der Waals surface area (Å²) in [5.74, 6) is 0.433. The second kappa shape index (κ2) is 6.50. The first-order valence-corrected chi connectivity index (χ1v) is 8.97. The van der Waals surface area contributed by atoms with Crippen LogP contribution in [-0.4, -0.2) is 19.7 Å². The van der Waals surface area contributed by atoms with Gasteiger partial charge in [-0.25, -0.2) is 19.4 Å². The minimum Gasteiger partial charge on any atom is -0.401 e. The number of nitrogens with zero attached hydrogens (tertiary/aromatic N) is 4. The first-order chi connectivity index (χ1) is 12.4. The van der Waals surface area contributed by atoms with E-state index < -0.39 is 5.63 Å². The third kappa shape index (κ3) is 2.92. The van der Waals surface area contributed by atoms with Crippen molar-refractivity contribution < 1.29 is 4.42 Å². The predicted molar refractivity (Wildman–Crippen MR) is 103 cm³/mol. The number of aryl methyl sites for hydroxylation is 1. The maximum absolute atomic E-state index is 12.5. The van der Waals surface area contributed by atoms with Gasteiger partial charge in [0.05, 0.1) is 15.9 Å². The fourth-order valence-electron chi connectivity index (χ4n) is 2.62. The number of benzene rings is 1. The van der Waals surface area contributed by atoms with E-state index in [1.807, 2.05) is 13.0 Å². The molecule has 0 saturated heterocycles. The van der Waals surface area contributed by atoms with Gasteiger partial charge >= 0.3 is 5.63 Å². The lowest BCUT2D eigenvalue weighted by molar-refractivity contribution is 0.513. The number of pyridine rings is 1.